The summed E-state index contributed by atoms with van der Waals surface area (Å²) in [4.78, 5) is 26.8. The third-order valence-corrected chi connectivity index (χ3v) is 5.00. The molecule has 0 saturated heterocycles. The molecule has 0 radical (unpaired) electrons. The molecule has 0 unspecified atom stereocenters. The lowest BCUT2D eigenvalue weighted by Crippen LogP contribution is -2.38. The maximum absolute atomic E-state index is 12.8. The zero-order valence-electron chi connectivity index (χ0n) is 15.3. The van der Waals surface area contributed by atoms with E-state index < -0.39 is 0 Å². The first kappa shape index (κ1) is 21.6. The standard InChI is InChI=1S/C20H22Cl2N2O2S/c1-3-10-24(20(26)15-6-4-14(5-7-15)13-27-2)12-19(25)23-18-9-8-16(21)11-17(18)22/h4-9,11H,3,10,12-13H2,1-2H3,(H,23,25). The number of amides is 2. The summed E-state index contributed by atoms with van der Waals surface area (Å²) in [6.45, 7) is 2.42. The van der Waals surface area contributed by atoms with Gasteiger partial charge in [0.1, 0.15) is 6.54 Å². The van der Waals surface area contributed by atoms with Crippen molar-refractivity contribution in [1.82, 2.24) is 4.90 Å². The molecule has 0 atom stereocenters. The second kappa shape index (κ2) is 10.6. The molecular formula is C20H22Cl2N2O2S. The van der Waals surface area contributed by atoms with E-state index in [1.807, 2.05) is 37.4 Å². The number of hydrogen-bond acceptors (Lipinski definition) is 3. The Labute approximate surface area is 174 Å². The zero-order valence-corrected chi connectivity index (χ0v) is 17.6. The number of thioether (sulfide) groups is 1. The highest BCUT2D eigenvalue weighted by Gasteiger charge is 2.19. The van der Waals surface area contributed by atoms with Gasteiger partial charge in [0.2, 0.25) is 5.91 Å². The predicted octanol–water partition coefficient (Wildman–Crippen LogP) is 5.35. The fourth-order valence-corrected chi connectivity index (χ4v) is 3.55. The molecule has 0 aliphatic rings. The lowest BCUT2D eigenvalue weighted by atomic mass is 10.1. The third-order valence-electron chi connectivity index (χ3n) is 3.83. The minimum atomic E-state index is -0.306. The summed E-state index contributed by atoms with van der Waals surface area (Å²) in [6, 6.07) is 12.4. The second-order valence-electron chi connectivity index (χ2n) is 6.03. The number of benzene rings is 2. The van der Waals surface area contributed by atoms with E-state index >= 15 is 0 Å². The quantitative estimate of drug-likeness (QED) is 0.621. The minimum absolute atomic E-state index is 0.0435. The molecule has 2 aromatic rings. The van der Waals surface area contributed by atoms with Crippen molar-refractivity contribution in [1.29, 1.82) is 0 Å². The molecule has 0 aliphatic carbocycles. The Bertz CT molecular complexity index is 797. The van der Waals surface area contributed by atoms with Crippen LogP contribution in [0.25, 0.3) is 0 Å². The number of carbonyl (C=O) groups is 2. The fourth-order valence-electron chi connectivity index (χ4n) is 2.57. The molecule has 2 aromatic carbocycles. The van der Waals surface area contributed by atoms with Crippen LogP contribution in [0.15, 0.2) is 42.5 Å². The van der Waals surface area contributed by atoms with E-state index in [4.69, 9.17) is 23.2 Å². The summed E-state index contributed by atoms with van der Waals surface area (Å²) in [5.74, 6) is 0.433. The van der Waals surface area contributed by atoms with Crippen molar-refractivity contribution < 1.29 is 9.59 Å². The Morgan fingerprint density at radius 1 is 1.11 bits per heavy atom. The molecule has 0 saturated carbocycles. The van der Waals surface area contributed by atoms with Crippen molar-refractivity contribution in [2.75, 3.05) is 24.7 Å². The summed E-state index contributed by atoms with van der Waals surface area (Å²) >= 11 is 13.7. The van der Waals surface area contributed by atoms with Crippen LogP contribution in [-0.2, 0) is 10.5 Å². The van der Waals surface area contributed by atoms with E-state index in [1.54, 1.807) is 34.9 Å². The van der Waals surface area contributed by atoms with E-state index in [0.29, 0.717) is 27.8 Å². The van der Waals surface area contributed by atoms with E-state index in [1.165, 1.54) is 0 Å². The van der Waals surface area contributed by atoms with Crippen LogP contribution in [0, 0.1) is 0 Å². The Hall–Kier alpha value is -1.69. The molecule has 1 N–H and O–H groups in total. The average Bonchev–Trinajstić information content (AvgIpc) is 2.64. The van der Waals surface area contributed by atoms with Gasteiger partial charge in [-0.25, -0.2) is 0 Å². The highest BCUT2D eigenvalue weighted by molar-refractivity contribution is 7.97. The van der Waals surface area contributed by atoms with Gasteiger partial charge in [-0.05, 0) is 48.6 Å². The largest absolute Gasteiger partial charge is 0.329 e. The third kappa shape index (κ3) is 6.45. The van der Waals surface area contributed by atoms with Gasteiger partial charge in [-0.2, -0.15) is 11.8 Å². The molecule has 0 heterocycles. The molecule has 2 rings (SSSR count). The Morgan fingerprint density at radius 3 is 2.41 bits per heavy atom. The first-order valence-corrected chi connectivity index (χ1v) is 10.7. The number of nitrogens with one attached hydrogen (secondary N) is 1. The smallest absolute Gasteiger partial charge is 0.254 e. The molecule has 2 amide bonds. The molecule has 4 nitrogen and oxygen atoms in total. The van der Waals surface area contributed by atoms with Crippen molar-refractivity contribution in [3.8, 4) is 0 Å². The molecule has 0 aromatic heterocycles. The Kier molecular flexibility index (Phi) is 8.48. The van der Waals surface area contributed by atoms with Gasteiger partial charge in [0.25, 0.3) is 5.91 Å². The average molecular weight is 425 g/mol. The number of carbonyl (C=O) groups excluding carboxylic acids is 2. The first-order valence-electron chi connectivity index (χ1n) is 8.56. The summed E-state index contributed by atoms with van der Waals surface area (Å²) in [5.41, 5.74) is 2.21. The van der Waals surface area contributed by atoms with Gasteiger partial charge in [-0.15, -0.1) is 0 Å². The van der Waals surface area contributed by atoms with Gasteiger partial charge in [-0.3, -0.25) is 9.59 Å². The SMILES string of the molecule is CCCN(CC(=O)Nc1ccc(Cl)cc1Cl)C(=O)c1ccc(CSC)cc1. The molecule has 7 heteroatoms. The van der Waals surface area contributed by atoms with Crippen LogP contribution in [0.3, 0.4) is 0 Å². The van der Waals surface area contributed by atoms with Crippen molar-refractivity contribution in [3.63, 3.8) is 0 Å². The summed E-state index contributed by atoms with van der Waals surface area (Å²) in [7, 11) is 0. The molecule has 27 heavy (non-hydrogen) atoms. The van der Waals surface area contributed by atoms with Crippen molar-refractivity contribution in [2.45, 2.75) is 19.1 Å². The van der Waals surface area contributed by atoms with Crippen LogP contribution >= 0.6 is 35.0 Å². The van der Waals surface area contributed by atoms with Crippen LogP contribution in [0.1, 0.15) is 29.3 Å². The zero-order chi connectivity index (χ0) is 19.8. The number of rotatable bonds is 8. The highest BCUT2D eigenvalue weighted by Crippen LogP contribution is 2.25. The minimum Gasteiger partial charge on any atom is -0.329 e. The van der Waals surface area contributed by atoms with E-state index in [9.17, 15) is 9.59 Å². The van der Waals surface area contributed by atoms with Crippen LogP contribution in [0.2, 0.25) is 10.0 Å². The maximum atomic E-state index is 12.8. The highest BCUT2D eigenvalue weighted by atomic mass is 35.5. The number of halogens is 2. The van der Waals surface area contributed by atoms with Crippen molar-refractivity contribution >= 4 is 52.5 Å². The van der Waals surface area contributed by atoms with E-state index in [0.717, 1.165) is 17.7 Å². The van der Waals surface area contributed by atoms with Crippen LogP contribution in [0.4, 0.5) is 5.69 Å². The van der Waals surface area contributed by atoms with E-state index in [2.05, 4.69) is 5.32 Å². The fraction of sp³-hybridized carbons (Fsp3) is 0.300. The van der Waals surface area contributed by atoms with E-state index in [-0.39, 0.29) is 18.4 Å². The molecule has 0 aliphatic heterocycles. The molecular weight excluding hydrogens is 403 g/mol. The topological polar surface area (TPSA) is 49.4 Å². The van der Waals surface area contributed by atoms with Crippen LogP contribution in [-0.4, -0.2) is 36.1 Å². The summed E-state index contributed by atoms with van der Waals surface area (Å²) in [6.07, 6.45) is 2.79. The monoisotopic (exact) mass is 424 g/mol. The van der Waals surface area contributed by atoms with Crippen LogP contribution < -0.4 is 5.32 Å². The summed E-state index contributed by atoms with van der Waals surface area (Å²) in [5, 5.41) is 3.58. The molecule has 0 fully saturated rings. The lowest BCUT2D eigenvalue weighted by Gasteiger charge is -2.22. The lowest BCUT2D eigenvalue weighted by molar-refractivity contribution is -0.116. The summed E-state index contributed by atoms with van der Waals surface area (Å²) < 4.78 is 0. The maximum Gasteiger partial charge on any atom is 0.254 e. The van der Waals surface area contributed by atoms with Gasteiger partial charge in [0, 0.05) is 22.9 Å². The van der Waals surface area contributed by atoms with Gasteiger partial charge in [-0.1, -0.05) is 42.3 Å². The molecule has 0 spiro atoms. The Balaban J connectivity index is 2.06. The molecule has 0 bridgehead atoms. The predicted molar refractivity (Wildman–Crippen MR) is 115 cm³/mol. The number of hydrogen-bond donors (Lipinski definition) is 1. The first-order chi connectivity index (χ1) is 12.9. The van der Waals surface area contributed by atoms with Crippen molar-refractivity contribution in [2.24, 2.45) is 0 Å². The van der Waals surface area contributed by atoms with Crippen molar-refractivity contribution in [3.05, 3.63) is 63.6 Å². The second-order valence-corrected chi connectivity index (χ2v) is 7.74. The number of nitrogens with zero attached hydrogens (tertiary/aromatic N) is 1. The van der Waals surface area contributed by atoms with Gasteiger partial charge < -0.3 is 10.2 Å². The van der Waals surface area contributed by atoms with Gasteiger partial charge >= 0.3 is 0 Å². The van der Waals surface area contributed by atoms with Gasteiger partial charge in [0.05, 0.1) is 10.7 Å². The van der Waals surface area contributed by atoms with Crippen LogP contribution in [0.5, 0.6) is 0 Å². The number of anilines is 1. The van der Waals surface area contributed by atoms with Gasteiger partial charge in [0.15, 0.2) is 0 Å². The Morgan fingerprint density at radius 2 is 1.81 bits per heavy atom. The molecule has 144 valence electrons. The normalized spacial score (nSPS) is 10.5.